The highest BCUT2D eigenvalue weighted by molar-refractivity contribution is 7.90. The van der Waals surface area contributed by atoms with Crippen molar-refractivity contribution < 1.29 is 13.2 Å². The molecule has 1 aliphatic heterocycles. The number of nitrogens with one attached hydrogen (secondary N) is 1. The van der Waals surface area contributed by atoms with Crippen molar-refractivity contribution in [3.63, 3.8) is 0 Å². The zero-order chi connectivity index (χ0) is 23.5. The molecule has 0 unspecified atom stereocenters. The van der Waals surface area contributed by atoms with Gasteiger partial charge in [0.05, 0.1) is 23.6 Å². The van der Waals surface area contributed by atoms with Gasteiger partial charge in [0.1, 0.15) is 5.52 Å². The molecular formula is C25H27N5O3S. The molecular weight excluding hydrogens is 450 g/mol. The first-order valence-electron chi connectivity index (χ1n) is 11.2. The van der Waals surface area contributed by atoms with Crippen LogP contribution in [0, 0.1) is 0 Å². The normalized spacial score (nSPS) is 14.4. The molecule has 1 saturated heterocycles. The summed E-state index contributed by atoms with van der Waals surface area (Å²) in [6.45, 7) is 4.04. The summed E-state index contributed by atoms with van der Waals surface area (Å²) in [7, 11) is -3.22. The first-order valence-corrected chi connectivity index (χ1v) is 13.1. The monoisotopic (exact) mass is 477 g/mol. The van der Waals surface area contributed by atoms with Crippen LogP contribution in [-0.2, 0) is 27.7 Å². The van der Waals surface area contributed by atoms with Gasteiger partial charge in [-0.05, 0) is 29.3 Å². The Morgan fingerprint density at radius 2 is 1.68 bits per heavy atom. The summed E-state index contributed by atoms with van der Waals surface area (Å²) in [5, 5.41) is 3.47. The van der Waals surface area contributed by atoms with Crippen LogP contribution < -0.4 is 10.2 Å². The second-order valence-electron chi connectivity index (χ2n) is 8.40. The maximum absolute atomic E-state index is 11.8. The van der Waals surface area contributed by atoms with Crippen molar-refractivity contribution in [2.75, 3.05) is 42.8 Å². The Morgan fingerprint density at radius 1 is 0.941 bits per heavy atom. The van der Waals surface area contributed by atoms with Crippen LogP contribution >= 0.6 is 0 Å². The summed E-state index contributed by atoms with van der Waals surface area (Å²) in [5.41, 5.74) is 3.98. The van der Waals surface area contributed by atoms with Crippen LogP contribution in [0.5, 0.6) is 0 Å². The van der Waals surface area contributed by atoms with Crippen molar-refractivity contribution in [1.82, 2.24) is 14.5 Å². The highest BCUT2D eigenvalue weighted by atomic mass is 32.2. The third kappa shape index (κ3) is 4.90. The maximum atomic E-state index is 11.8. The molecule has 176 valence electrons. The minimum absolute atomic E-state index is 0.312. The van der Waals surface area contributed by atoms with Crippen molar-refractivity contribution in [2.24, 2.45) is 0 Å². The van der Waals surface area contributed by atoms with Crippen molar-refractivity contribution in [3.8, 4) is 0 Å². The van der Waals surface area contributed by atoms with Crippen LogP contribution in [0.15, 0.2) is 71.8 Å². The number of morpholine rings is 1. The first kappa shape index (κ1) is 22.4. The van der Waals surface area contributed by atoms with E-state index in [1.165, 1.54) is 11.8 Å². The van der Waals surface area contributed by atoms with Gasteiger partial charge in [-0.2, -0.15) is 4.98 Å². The molecule has 9 heteroatoms. The quantitative estimate of drug-likeness (QED) is 0.437. The van der Waals surface area contributed by atoms with Gasteiger partial charge < -0.3 is 19.5 Å². The molecule has 8 nitrogen and oxygen atoms in total. The fourth-order valence-electron chi connectivity index (χ4n) is 4.07. The number of fused-ring (bicyclic) bond motifs is 1. The SMILES string of the molecule is CS(=O)(=O)c1ccc(CNc2nc(N3CCOCC3)nc3ccn(Cc4ccccc4)c23)cc1. The molecule has 0 atom stereocenters. The molecule has 0 bridgehead atoms. The van der Waals surface area contributed by atoms with Gasteiger partial charge in [-0.3, -0.25) is 0 Å². The summed E-state index contributed by atoms with van der Waals surface area (Å²) in [6.07, 6.45) is 3.26. The third-order valence-electron chi connectivity index (χ3n) is 5.90. The van der Waals surface area contributed by atoms with Gasteiger partial charge >= 0.3 is 0 Å². The standard InChI is InChI=1S/C25H27N5O3S/c1-34(31,32)21-9-7-19(8-10-21)17-26-24-23-22(27-25(28-24)29-13-15-33-16-14-29)11-12-30(23)18-20-5-3-2-4-6-20/h2-12H,13-18H2,1H3,(H,26,27,28). The first-order chi connectivity index (χ1) is 16.5. The predicted octanol–water partition coefficient (Wildman–Crippen LogP) is 3.33. The van der Waals surface area contributed by atoms with Crippen molar-refractivity contribution in [3.05, 3.63) is 78.0 Å². The van der Waals surface area contributed by atoms with Gasteiger partial charge in [0, 0.05) is 38.6 Å². The molecule has 1 aliphatic rings. The minimum Gasteiger partial charge on any atom is -0.378 e. The smallest absolute Gasteiger partial charge is 0.228 e. The van der Waals surface area contributed by atoms with Gasteiger partial charge in [0.25, 0.3) is 0 Å². The van der Waals surface area contributed by atoms with Gasteiger partial charge in [-0.1, -0.05) is 42.5 Å². The van der Waals surface area contributed by atoms with Gasteiger partial charge in [-0.15, -0.1) is 0 Å². The maximum Gasteiger partial charge on any atom is 0.228 e. The number of benzene rings is 2. The summed E-state index contributed by atoms with van der Waals surface area (Å²) in [6, 6.07) is 19.2. The van der Waals surface area contributed by atoms with Crippen LogP contribution in [-0.4, -0.2) is 55.5 Å². The fourth-order valence-corrected chi connectivity index (χ4v) is 4.71. The number of hydrogen-bond donors (Lipinski definition) is 1. The topological polar surface area (TPSA) is 89.3 Å². The van der Waals surface area contributed by atoms with E-state index >= 15 is 0 Å². The van der Waals surface area contributed by atoms with Gasteiger partial charge in [0.15, 0.2) is 15.7 Å². The second kappa shape index (κ2) is 9.44. The molecule has 1 fully saturated rings. The Balaban J connectivity index is 1.48. The highest BCUT2D eigenvalue weighted by Crippen LogP contribution is 2.27. The van der Waals surface area contributed by atoms with E-state index in [2.05, 4.69) is 26.9 Å². The van der Waals surface area contributed by atoms with E-state index in [9.17, 15) is 8.42 Å². The number of aromatic nitrogens is 3. The molecule has 0 saturated carbocycles. The zero-order valence-electron chi connectivity index (χ0n) is 19.0. The molecule has 34 heavy (non-hydrogen) atoms. The molecule has 3 heterocycles. The minimum atomic E-state index is -3.22. The predicted molar refractivity (Wildman–Crippen MR) is 133 cm³/mol. The Kier molecular flexibility index (Phi) is 6.21. The number of anilines is 2. The number of nitrogens with zero attached hydrogens (tertiary/aromatic N) is 4. The van der Waals surface area contributed by atoms with Crippen LogP contribution in [0.1, 0.15) is 11.1 Å². The van der Waals surface area contributed by atoms with Gasteiger partial charge in [0.2, 0.25) is 5.95 Å². The summed E-state index contributed by atoms with van der Waals surface area (Å²) >= 11 is 0. The van der Waals surface area contributed by atoms with E-state index in [-0.39, 0.29) is 0 Å². The lowest BCUT2D eigenvalue weighted by Crippen LogP contribution is -2.37. The summed E-state index contributed by atoms with van der Waals surface area (Å²) < 4.78 is 31.2. The second-order valence-corrected chi connectivity index (χ2v) is 10.4. The van der Waals surface area contributed by atoms with Crippen molar-refractivity contribution in [1.29, 1.82) is 0 Å². The van der Waals surface area contributed by atoms with Crippen LogP contribution in [0.4, 0.5) is 11.8 Å². The van der Waals surface area contributed by atoms with E-state index in [1.54, 1.807) is 12.1 Å². The van der Waals surface area contributed by atoms with Crippen molar-refractivity contribution in [2.45, 2.75) is 18.0 Å². The van der Waals surface area contributed by atoms with E-state index in [0.29, 0.717) is 37.1 Å². The molecule has 0 spiro atoms. The zero-order valence-corrected chi connectivity index (χ0v) is 19.8. The fraction of sp³-hybridized carbons (Fsp3) is 0.280. The number of ether oxygens (including phenoxy) is 1. The molecule has 4 aromatic rings. The van der Waals surface area contributed by atoms with Gasteiger partial charge in [-0.25, -0.2) is 13.4 Å². The largest absolute Gasteiger partial charge is 0.378 e. The third-order valence-corrected chi connectivity index (χ3v) is 7.03. The summed E-state index contributed by atoms with van der Waals surface area (Å²) in [5.74, 6) is 1.43. The number of sulfone groups is 1. The molecule has 0 aliphatic carbocycles. The number of hydrogen-bond acceptors (Lipinski definition) is 7. The molecule has 5 rings (SSSR count). The van der Waals surface area contributed by atoms with Crippen LogP contribution in [0.3, 0.4) is 0 Å². The van der Waals surface area contributed by atoms with Crippen molar-refractivity contribution >= 4 is 32.6 Å². The molecule has 2 aromatic carbocycles. The van der Waals surface area contributed by atoms with E-state index in [1.807, 2.05) is 42.6 Å². The Bertz CT molecular complexity index is 1380. The van der Waals surface area contributed by atoms with E-state index in [4.69, 9.17) is 14.7 Å². The average Bonchev–Trinajstić information content (AvgIpc) is 3.26. The van der Waals surface area contributed by atoms with E-state index < -0.39 is 9.84 Å². The Labute approximate surface area is 199 Å². The Hall–Kier alpha value is -3.43. The lowest BCUT2D eigenvalue weighted by atomic mass is 10.2. The highest BCUT2D eigenvalue weighted by Gasteiger charge is 2.19. The molecule has 2 aromatic heterocycles. The Morgan fingerprint density at radius 3 is 2.38 bits per heavy atom. The average molecular weight is 478 g/mol. The molecule has 0 amide bonds. The summed E-state index contributed by atoms with van der Waals surface area (Å²) in [4.78, 5) is 12.2. The molecule has 1 N–H and O–H groups in total. The van der Waals surface area contributed by atoms with Crippen LogP contribution in [0.2, 0.25) is 0 Å². The number of rotatable bonds is 7. The van der Waals surface area contributed by atoms with Crippen LogP contribution in [0.25, 0.3) is 11.0 Å². The molecule has 0 radical (unpaired) electrons. The van der Waals surface area contributed by atoms with E-state index in [0.717, 1.165) is 35.5 Å². The lowest BCUT2D eigenvalue weighted by Gasteiger charge is -2.27. The lowest BCUT2D eigenvalue weighted by molar-refractivity contribution is 0.122.